The maximum atomic E-state index is 13.5. The molecule has 0 bridgehead atoms. The number of carboxylic acids is 1. The fourth-order valence-electron chi connectivity index (χ4n) is 5.14. The number of hydrogen-bond acceptors (Lipinski definition) is 7. The minimum atomic E-state index is -1.01. The van der Waals surface area contributed by atoms with Crippen LogP contribution in [-0.2, 0) is 0 Å². The molecule has 1 atom stereocenters. The van der Waals surface area contributed by atoms with Gasteiger partial charge in [-0.05, 0) is 68.8 Å². The number of fused-ring (bicyclic) bond motifs is 1. The number of rotatable bonds is 6. The summed E-state index contributed by atoms with van der Waals surface area (Å²) in [5, 5.41) is 22.0. The highest BCUT2D eigenvalue weighted by molar-refractivity contribution is 5.94. The summed E-state index contributed by atoms with van der Waals surface area (Å²) in [6.45, 7) is 8.61. The molecule has 5 rings (SSSR count). The SMILES string of the molecule is Cc1cc([C@@H](C)Nc2ccccc2C(=O)O)c2nc(N3CCN(c4ccc(C#N)cc4)CC3)c(C)c(=O)n2c1. The smallest absolute Gasteiger partial charge is 0.337 e. The van der Waals surface area contributed by atoms with Crippen molar-refractivity contribution in [1.29, 1.82) is 5.26 Å². The van der Waals surface area contributed by atoms with E-state index in [1.165, 1.54) is 0 Å². The molecule has 0 radical (unpaired) electrons. The lowest BCUT2D eigenvalue weighted by molar-refractivity contribution is 0.0698. The van der Waals surface area contributed by atoms with E-state index in [0.29, 0.717) is 41.4 Å². The number of nitriles is 1. The Morgan fingerprint density at radius 2 is 1.72 bits per heavy atom. The van der Waals surface area contributed by atoms with Crippen molar-refractivity contribution in [2.75, 3.05) is 41.3 Å². The molecule has 2 aromatic carbocycles. The lowest BCUT2D eigenvalue weighted by Crippen LogP contribution is -2.47. The number of carbonyl (C=O) groups is 1. The van der Waals surface area contributed by atoms with Crippen LogP contribution >= 0.6 is 0 Å². The molecular formula is C30H30N6O3. The van der Waals surface area contributed by atoms with Gasteiger partial charge in [-0.1, -0.05) is 12.1 Å². The predicted octanol–water partition coefficient (Wildman–Crippen LogP) is 4.38. The molecule has 1 fully saturated rings. The summed E-state index contributed by atoms with van der Waals surface area (Å²) in [5.41, 5.74) is 5.13. The number of benzene rings is 2. The molecule has 0 amide bonds. The van der Waals surface area contributed by atoms with Crippen LogP contribution < -0.4 is 20.7 Å². The largest absolute Gasteiger partial charge is 0.478 e. The van der Waals surface area contributed by atoms with Gasteiger partial charge in [0.1, 0.15) is 11.5 Å². The fourth-order valence-corrected chi connectivity index (χ4v) is 5.14. The number of pyridine rings is 1. The lowest BCUT2D eigenvalue weighted by atomic mass is 10.1. The number of para-hydroxylation sites is 1. The van der Waals surface area contributed by atoms with E-state index in [1.54, 1.807) is 34.9 Å². The quantitative estimate of drug-likeness (QED) is 0.384. The summed E-state index contributed by atoms with van der Waals surface area (Å²) < 4.78 is 1.60. The molecular weight excluding hydrogens is 492 g/mol. The molecule has 0 aliphatic carbocycles. The van der Waals surface area contributed by atoms with Crippen molar-refractivity contribution in [3.8, 4) is 6.07 Å². The van der Waals surface area contributed by atoms with Gasteiger partial charge in [0.15, 0.2) is 0 Å². The van der Waals surface area contributed by atoms with Gasteiger partial charge < -0.3 is 20.2 Å². The van der Waals surface area contributed by atoms with Gasteiger partial charge in [-0.2, -0.15) is 5.26 Å². The third-order valence-corrected chi connectivity index (χ3v) is 7.23. The number of piperazine rings is 1. The Morgan fingerprint density at radius 1 is 1.05 bits per heavy atom. The van der Waals surface area contributed by atoms with Crippen molar-refractivity contribution in [2.24, 2.45) is 0 Å². The number of aromatic nitrogens is 2. The molecule has 1 saturated heterocycles. The summed E-state index contributed by atoms with van der Waals surface area (Å²) in [6.07, 6.45) is 1.80. The van der Waals surface area contributed by atoms with Crippen molar-refractivity contribution in [1.82, 2.24) is 9.38 Å². The summed E-state index contributed by atoms with van der Waals surface area (Å²) in [7, 11) is 0. The molecule has 198 valence electrons. The number of hydrogen-bond donors (Lipinski definition) is 2. The van der Waals surface area contributed by atoms with E-state index < -0.39 is 5.97 Å². The van der Waals surface area contributed by atoms with Crippen LogP contribution in [0.4, 0.5) is 17.2 Å². The van der Waals surface area contributed by atoms with Crippen molar-refractivity contribution in [3.63, 3.8) is 0 Å². The maximum Gasteiger partial charge on any atom is 0.337 e. The Kier molecular flexibility index (Phi) is 6.94. The first-order chi connectivity index (χ1) is 18.8. The Morgan fingerprint density at radius 3 is 2.38 bits per heavy atom. The van der Waals surface area contributed by atoms with Crippen molar-refractivity contribution >= 4 is 28.8 Å². The Hall–Kier alpha value is -4.84. The Bertz CT molecular complexity index is 1650. The van der Waals surface area contributed by atoms with Crippen LogP contribution in [0.3, 0.4) is 0 Å². The first kappa shape index (κ1) is 25.8. The molecule has 0 unspecified atom stereocenters. The second kappa shape index (κ2) is 10.5. The third-order valence-electron chi connectivity index (χ3n) is 7.23. The van der Waals surface area contributed by atoms with Gasteiger partial charge in [-0.15, -0.1) is 0 Å². The van der Waals surface area contributed by atoms with Crippen LogP contribution in [0.15, 0.2) is 65.6 Å². The molecule has 2 aromatic heterocycles. The van der Waals surface area contributed by atoms with E-state index in [0.717, 1.165) is 29.9 Å². The molecule has 0 saturated carbocycles. The number of nitrogens with one attached hydrogen (secondary N) is 1. The zero-order valence-corrected chi connectivity index (χ0v) is 22.2. The molecule has 9 heteroatoms. The predicted molar refractivity (Wildman–Crippen MR) is 152 cm³/mol. The van der Waals surface area contributed by atoms with E-state index in [2.05, 4.69) is 21.2 Å². The Balaban J connectivity index is 1.47. The van der Waals surface area contributed by atoms with Gasteiger partial charge in [0.05, 0.1) is 28.8 Å². The first-order valence-electron chi connectivity index (χ1n) is 12.9. The first-order valence-corrected chi connectivity index (χ1v) is 12.9. The van der Waals surface area contributed by atoms with Crippen molar-refractivity contribution in [2.45, 2.75) is 26.8 Å². The number of nitrogens with zero attached hydrogens (tertiary/aromatic N) is 5. The van der Waals surface area contributed by atoms with Crippen LogP contribution in [0.25, 0.3) is 5.65 Å². The Labute approximate surface area is 226 Å². The third kappa shape index (κ3) is 5.01. The molecule has 1 aliphatic heterocycles. The van der Waals surface area contributed by atoms with E-state index in [4.69, 9.17) is 10.2 Å². The van der Waals surface area contributed by atoms with E-state index >= 15 is 0 Å². The van der Waals surface area contributed by atoms with Crippen LogP contribution in [0, 0.1) is 25.2 Å². The molecule has 39 heavy (non-hydrogen) atoms. The van der Waals surface area contributed by atoms with Gasteiger partial charge >= 0.3 is 5.97 Å². The molecule has 1 aliphatic rings. The number of anilines is 3. The van der Waals surface area contributed by atoms with Gasteiger partial charge in [-0.25, -0.2) is 9.78 Å². The van der Waals surface area contributed by atoms with Crippen LogP contribution in [-0.4, -0.2) is 46.6 Å². The highest BCUT2D eigenvalue weighted by Gasteiger charge is 2.24. The van der Waals surface area contributed by atoms with Crippen LogP contribution in [0.1, 0.15) is 45.6 Å². The topological polar surface area (TPSA) is 114 Å². The minimum absolute atomic E-state index is 0.118. The number of aromatic carboxylic acids is 1. The summed E-state index contributed by atoms with van der Waals surface area (Å²) >= 11 is 0. The maximum absolute atomic E-state index is 13.5. The van der Waals surface area contributed by atoms with E-state index in [1.807, 2.05) is 51.1 Å². The summed E-state index contributed by atoms with van der Waals surface area (Å²) in [4.78, 5) is 34.7. The molecule has 2 N–H and O–H groups in total. The van der Waals surface area contributed by atoms with Gasteiger partial charge in [0, 0.05) is 49.3 Å². The second-order valence-electron chi connectivity index (χ2n) is 9.88. The van der Waals surface area contributed by atoms with Crippen LogP contribution in [0.5, 0.6) is 0 Å². The number of aryl methyl sites for hydroxylation is 1. The molecule has 9 nitrogen and oxygen atoms in total. The van der Waals surface area contributed by atoms with Gasteiger partial charge in [0.25, 0.3) is 5.56 Å². The monoisotopic (exact) mass is 522 g/mol. The van der Waals surface area contributed by atoms with Crippen molar-refractivity contribution < 1.29 is 9.90 Å². The molecule has 3 heterocycles. The standard InChI is InChI=1S/C30H30N6O3/c1-19-16-25(21(3)32-26-7-5-4-6-24(26)30(38)39)28-33-27(20(2)29(37)36(28)18-19)35-14-12-34(13-15-35)23-10-8-22(17-31)9-11-23/h4-11,16,18,21,32H,12-15H2,1-3H3,(H,38,39)/t21-/m1/s1. The summed E-state index contributed by atoms with van der Waals surface area (Å²) in [6, 6.07) is 18.2. The normalized spacial score (nSPS) is 14.2. The van der Waals surface area contributed by atoms with E-state index in [-0.39, 0.29) is 17.2 Å². The molecule has 0 spiro atoms. The van der Waals surface area contributed by atoms with Gasteiger partial charge in [-0.3, -0.25) is 9.20 Å². The average molecular weight is 523 g/mol. The minimum Gasteiger partial charge on any atom is -0.478 e. The van der Waals surface area contributed by atoms with Crippen molar-refractivity contribution in [3.05, 3.63) is 99.0 Å². The zero-order valence-electron chi connectivity index (χ0n) is 22.2. The zero-order chi connectivity index (χ0) is 27.7. The highest BCUT2D eigenvalue weighted by Crippen LogP contribution is 2.28. The molecule has 4 aromatic rings. The van der Waals surface area contributed by atoms with E-state index in [9.17, 15) is 14.7 Å². The van der Waals surface area contributed by atoms with Gasteiger partial charge in [0.2, 0.25) is 0 Å². The van der Waals surface area contributed by atoms with Crippen LogP contribution in [0.2, 0.25) is 0 Å². The fraction of sp³-hybridized carbons (Fsp3) is 0.267. The lowest BCUT2D eigenvalue weighted by Gasteiger charge is -2.37. The second-order valence-corrected chi connectivity index (χ2v) is 9.88. The average Bonchev–Trinajstić information content (AvgIpc) is 2.95. The highest BCUT2D eigenvalue weighted by atomic mass is 16.4. The number of carboxylic acid groups (broad SMARTS) is 1. The summed E-state index contributed by atoms with van der Waals surface area (Å²) in [5.74, 6) is -0.338.